The van der Waals surface area contributed by atoms with Crippen LogP contribution >= 0.6 is 0 Å². The lowest BCUT2D eigenvalue weighted by Crippen LogP contribution is -2.33. The van der Waals surface area contributed by atoms with Gasteiger partial charge in [0.05, 0.1) is 19.0 Å². The minimum Gasteiger partial charge on any atom is -0.295 e. The van der Waals surface area contributed by atoms with Gasteiger partial charge in [0.25, 0.3) is 0 Å². The van der Waals surface area contributed by atoms with Gasteiger partial charge in [-0.05, 0) is 50.4 Å². The summed E-state index contributed by atoms with van der Waals surface area (Å²) in [4.78, 5) is 14.2. The maximum absolute atomic E-state index is 12.2. The van der Waals surface area contributed by atoms with Crippen LogP contribution in [0.4, 0.5) is 0 Å². The van der Waals surface area contributed by atoms with Crippen LogP contribution in [0.5, 0.6) is 0 Å². The summed E-state index contributed by atoms with van der Waals surface area (Å²) in [7, 11) is 1.90. The smallest absolute Gasteiger partial charge is 0.176 e. The SMILES string of the molecule is CC(CC#N)N(C)CC(=O)c1ccc2c(c1)CCC2. The standard InChI is InChI=1S/C16H20N2O/c1-12(8-9-17)18(2)11-16(19)15-7-6-13-4-3-5-14(13)10-15/h6-7,10,12H,3-5,8,11H2,1-2H3. The average Bonchev–Trinajstić information content (AvgIpc) is 2.85. The summed E-state index contributed by atoms with van der Waals surface area (Å²) in [5.74, 6) is 0.141. The number of nitriles is 1. The lowest BCUT2D eigenvalue weighted by Gasteiger charge is -2.21. The van der Waals surface area contributed by atoms with Crippen LogP contribution in [0.15, 0.2) is 18.2 Å². The van der Waals surface area contributed by atoms with Gasteiger partial charge < -0.3 is 0 Å². The maximum atomic E-state index is 12.2. The summed E-state index contributed by atoms with van der Waals surface area (Å²) >= 11 is 0. The van der Waals surface area contributed by atoms with E-state index in [-0.39, 0.29) is 11.8 Å². The van der Waals surface area contributed by atoms with Crippen molar-refractivity contribution in [3.8, 4) is 6.07 Å². The molecule has 0 aliphatic heterocycles. The first-order valence-electron chi connectivity index (χ1n) is 6.84. The maximum Gasteiger partial charge on any atom is 0.176 e. The number of aryl methyl sites for hydroxylation is 2. The van der Waals surface area contributed by atoms with Gasteiger partial charge in [-0.25, -0.2) is 0 Å². The number of likely N-dealkylation sites (N-methyl/N-ethyl adjacent to an activating group) is 1. The Kier molecular flexibility index (Phi) is 4.34. The highest BCUT2D eigenvalue weighted by Gasteiger charge is 2.17. The van der Waals surface area contributed by atoms with Crippen LogP contribution in [0, 0.1) is 11.3 Å². The molecule has 1 aromatic rings. The highest BCUT2D eigenvalue weighted by Crippen LogP contribution is 2.23. The Balaban J connectivity index is 2.02. The van der Waals surface area contributed by atoms with Gasteiger partial charge in [0.1, 0.15) is 0 Å². The molecule has 0 bridgehead atoms. The number of nitrogens with zero attached hydrogens (tertiary/aromatic N) is 2. The van der Waals surface area contributed by atoms with E-state index in [0.29, 0.717) is 13.0 Å². The Hall–Kier alpha value is -1.66. The van der Waals surface area contributed by atoms with Crippen molar-refractivity contribution in [3.63, 3.8) is 0 Å². The zero-order valence-electron chi connectivity index (χ0n) is 11.6. The fourth-order valence-corrected chi connectivity index (χ4v) is 2.51. The van der Waals surface area contributed by atoms with E-state index in [1.807, 2.05) is 31.0 Å². The fourth-order valence-electron chi connectivity index (χ4n) is 2.51. The third-order valence-corrected chi connectivity index (χ3v) is 3.95. The fraction of sp³-hybridized carbons (Fsp3) is 0.500. The van der Waals surface area contributed by atoms with Gasteiger partial charge in [0, 0.05) is 11.6 Å². The molecule has 0 saturated carbocycles. The van der Waals surface area contributed by atoms with Gasteiger partial charge in [-0.2, -0.15) is 5.26 Å². The molecule has 100 valence electrons. The Morgan fingerprint density at radius 3 is 2.89 bits per heavy atom. The predicted octanol–water partition coefficient (Wildman–Crippen LogP) is 2.59. The van der Waals surface area contributed by atoms with Crippen LogP contribution < -0.4 is 0 Å². The van der Waals surface area contributed by atoms with Crippen molar-refractivity contribution < 1.29 is 4.79 Å². The molecule has 0 radical (unpaired) electrons. The first-order chi connectivity index (χ1) is 9.11. The molecule has 0 fully saturated rings. The molecule has 0 N–H and O–H groups in total. The van der Waals surface area contributed by atoms with E-state index in [4.69, 9.17) is 5.26 Å². The number of hydrogen-bond acceptors (Lipinski definition) is 3. The normalized spacial score (nSPS) is 15.1. The number of benzene rings is 1. The highest BCUT2D eigenvalue weighted by molar-refractivity contribution is 5.97. The second-order valence-corrected chi connectivity index (χ2v) is 5.39. The van der Waals surface area contributed by atoms with Crippen molar-refractivity contribution in [1.29, 1.82) is 5.26 Å². The molecule has 0 saturated heterocycles. The Morgan fingerprint density at radius 2 is 2.16 bits per heavy atom. The molecule has 1 aromatic carbocycles. The van der Waals surface area contributed by atoms with Crippen LogP contribution in [-0.4, -0.2) is 30.3 Å². The number of hydrogen-bond donors (Lipinski definition) is 0. The molecule has 0 aromatic heterocycles. The summed E-state index contributed by atoms with van der Waals surface area (Å²) in [5.41, 5.74) is 3.53. The van der Waals surface area contributed by atoms with Crippen LogP contribution in [0.2, 0.25) is 0 Å². The number of fused-ring (bicyclic) bond motifs is 1. The van der Waals surface area contributed by atoms with Crippen molar-refractivity contribution >= 4 is 5.78 Å². The monoisotopic (exact) mass is 256 g/mol. The molecule has 1 aliphatic rings. The van der Waals surface area contributed by atoms with Gasteiger partial charge in [-0.15, -0.1) is 0 Å². The number of carbonyl (C=O) groups is 1. The molecule has 19 heavy (non-hydrogen) atoms. The first-order valence-corrected chi connectivity index (χ1v) is 6.84. The number of ketones is 1. The van der Waals surface area contributed by atoms with Crippen LogP contribution in [0.3, 0.4) is 0 Å². The molecular weight excluding hydrogens is 236 g/mol. The van der Waals surface area contributed by atoms with E-state index in [2.05, 4.69) is 12.1 Å². The summed E-state index contributed by atoms with van der Waals surface area (Å²) < 4.78 is 0. The Morgan fingerprint density at radius 1 is 1.42 bits per heavy atom. The Bertz CT molecular complexity index is 516. The number of carbonyl (C=O) groups excluding carboxylic acids is 1. The van der Waals surface area contributed by atoms with E-state index < -0.39 is 0 Å². The largest absolute Gasteiger partial charge is 0.295 e. The molecule has 1 unspecified atom stereocenters. The van der Waals surface area contributed by atoms with Gasteiger partial charge in [0.2, 0.25) is 0 Å². The zero-order valence-corrected chi connectivity index (χ0v) is 11.6. The number of Topliss-reactive ketones (excluding diaryl/α,β-unsaturated/α-hetero) is 1. The average molecular weight is 256 g/mol. The Labute approximate surface area is 114 Å². The zero-order chi connectivity index (χ0) is 13.8. The topological polar surface area (TPSA) is 44.1 Å². The third-order valence-electron chi connectivity index (χ3n) is 3.95. The summed E-state index contributed by atoms with van der Waals surface area (Å²) in [6, 6.07) is 8.34. The van der Waals surface area contributed by atoms with Crippen LogP contribution in [0.25, 0.3) is 0 Å². The summed E-state index contributed by atoms with van der Waals surface area (Å²) in [5, 5.41) is 8.68. The molecule has 0 heterocycles. The molecule has 1 aliphatic carbocycles. The van der Waals surface area contributed by atoms with E-state index in [0.717, 1.165) is 18.4 Å². The van der Waals surface area contributed by atoms with E-state index >= 15 is 0 Å². The predicted molar refractivity (Wildman–Crippen MR) is 75.1 cm³/mol. The van der Waals surface area contributed by atoms with Gasteiger partial charge in [0.15, 0.2) is 5.78 Å². The summed E-state index contributed by atoms with van der Waals surface area (Å²) in [6.07, 6.45) is 3.89. The first kappa shape index (κ1) is 13.8. The van der Waals surface area contributed by atoms with Crippen molar-refractivity contribution in [1.82, 2.24) is 4.90 Å². The van der Waals surface area contributed by atoms with E-state index in [1.54, 1.807) is 0 Å². The van der Waals surface area contributed by atoms with E-state index in [1.165, 1.54) is 17.5 Å². The lowest BCUT2D eigenvalue weighted by atomic mass is 10.0. The molecule has 0 amide bonds. The van der Waals surface area contributed by atoms with Gasteiger partial charge in [-0.1, -0.05) is 12.1 Å². The third kappa shape index (κ3) is 3.21. The molecular formula is C16H20N2O. The van der Waals surface area contributed by atoms with Gasteiger partial charge in [-0.3, -0.25) is 9.69 Å². The highest BCUT2D eigenvalue weighted by atomic mass is 16.1. The van der Waals surface area contributed by atoms with Crippen molar-refractivity contribution in [3.05, 3.63) is 34.9 Å². The van der Waals surface area contributed by atoms with Gasteiger partial charge >= 0.3 is 0 Å². The summed E-state index contributed by atoms with van der Waals surface area (Å²) in [6.45, 7) is 2.35. The van der Waals surface area contributed by atoms with Crippen molar-refractivity contribution in [2.24, 2.45) is 0 Å². The molecule has 3 heteroatoms. The minimum absolute atomic E-state index is 0.114. The minimum atomic E-state index is 0.114. The molecule has 0 spiro atoms. The number of rotatable bonds is 5. The quantitative estimate of drug-likeness (QED) is 0.761. The van der Waals surface area contributed by atoms with Crippen molar-refractivity contribution in [2.75, 3.05) is 13.6 Å². The lowest BCUT2D eigenvalue weighted by molar-refractivity contribution is 0.0925. The molecule has 1 atom stereocenters. The molecule has 3 nitrogen and oxygen atoms in total. The second-order valence-electron chi connectivity index (χ2n) is 5.39. The molecule has 2 rings (SSSR count). The van der Waals surface area contributed by atoms with E-state index in [9.17, 15) is 4.79 Å². The van der Waals surface area contributed by atoms with Crippen LogP contribution in [-0.2, 0) is 12.8 Å². The second kappa shape index (κ2) is 5.99. The van der Waals surface area contributed by atoms with Crippen LogP contribution in [0.1, 0.15) is 41.3 Å². The van der Waals surface area contributed by atoms with Crippen molar-refractivity contribution in [2.45, 2.75) is 38.6 Å².